The fraction of sp³-hybridized carbons (Fsp3) is 0.556. The molecule has 1 amide bonds. The van der Waals surface area contributed by atoms with Crippen LogP contribution in [-0.4, -0.2) is 96.2 Å². The molecule has 0 aromatic carbocycles. The lowest BCUT2D eigenvalue weighted by molar-refractivity contribution is -0.170. The van der Waals surface area contributed by atoms with Gasteiger partial charge in [-0.3, -0.25) is 4.79 Å². The van der Waals surface area contributed by atoms with E-state index in [2.05, 4.69) is 25.0 Å². The Morgan fingerprint density at radius 3 is 2.45 bits per heavy atom. The van der Waals surface area contributed by atoms with E-state index < -0.39 is 61.2 Å². The summed E-state index contributed by atoms with van der Waals surface area (Å²) in [6.45, 7) is 0.313. The van der Waals surface area contributed by atoms with Crippen molar-refractivity contribution < 1.29 is 50.5 Å². The topological polar surface area (TPSA) is 136 Å². The van der Waals surface area contributed by atoms with Gasteiger partial charge in [0.2, 0.25) is 5.95 Å². The minimum Gasteiger partial charge on any atom is -0.453 e. The highest BCUT2D eigenvalue weighted by Gasteiger charge is 2.40. The molecule has 1 atom stereocenters. The van der Waals surface area contributed by atoms with Crippen LogP contribution in [0.2, 0.25) is 0 Å². The molecule has 0 bridgehead atoms. The van der Waals surface area contributed by atoms with Gasteiger partial charge in [0.1, 0.15) is 18.2 Å². The second-order valence-corrected chi connectivity index (χ2v) is 10.4. The summed E-state index contributed by atoms with van der Waals surface area (Å²) < 4.78 is 82.0. The van der Waals surface area contributed by atoms with E-state index in [1.54, 1.807) is 0 Å². The molecule has 4 heterocycles. The largest absolute Gasteiger partial charge is 0.453 e. The molecule has 2 saturated heterocycles. The third kappa shape index (κ3) is 8.70. The van der Waals surface area contributed by atoms with E-state index in [0.29, 0.717) is 18.5 Å². The molecule has 2 fully saturated rings. The van der Waals surface area contributed by atoms with Crippen LogP contribution in [0.4, 0.5) is 39.5 Å². The smallest absolute Gasteiger partial charge is 0.416 e. The number of rotatable bonds is 10. The third-order valence-electron chi connectivity index (χ3n) is 7.04. The van der Waals surface area contributed by atoms with Crippen molar-refractivity contribution in [2.24, 2.45) is 0 Å². The Balaban J connectivity index is 1.42. The van der Waals surface area contributed by atoms with Crippen LogP contribution in [0.15, 0.2) is 24.4 Å². The van der Waals surface area contributed by atoms with Gasteiger partial charge in [-0.1, -0.05) is 0 Å². The van der Waals surface area contributed by atoms with Gasteiger partial charge in [-0.15, -0.1) is 0 Å². The number of alkyl halides is 5. The van der Waals surface area contributed by atoms with E-state index in [-0.39, 0.29) is 49.7 Å². The maximum Gasteiger partial charge on any atom is 0.416 e. The van der Waals surface area contributed by atoms with Gasteiger partial charge in [0.15, 0.2) is 12.7 Å². The van der Waals surface area contributed by atoms with E-state index in [9.17, 15) is 36.3 Å². The van der Waals surface area contributed by atoms with Crippen molar-refractivity contribution in [3.63, 3.8) is 0 Å². The number of hydrogen-bond donors (Lipinski definition) is 1. The Morgan fingerprint density at radius 1 is 1.09 bits per heavy atom. The molecular formula is C27H31F5N6O6. The van der Waals surface area contributed by atoms with Gasteiger partial charge in [-0.2, -0.15) is 18.2 Å². The normalized spacial score (nSPS) is 17.7. The number of nitrogens with one attached hydrogen (secondary N) is 1. The van der Waals surface area contributed by atoms with E-state index >= 15 is 0 Å². The molecule has 1 N–H and O–H groups in total. The highest BCUT2D eigenvalue weighted by atomic mass is 19.4. The molecule has 2 aliphatic heterocycles. The van der Waals surface area contributed by atoms with Gasteiger partial charge in [0.25, 0.3) is 11.8 Å². The summed E-state index contributed by atoms with van der Waals surface area (Å²) in [5, 5.41) is 2.73. The molecule has 1 unspecified atom stereocenters. The number of nitrogens with zero attached hydrogens (tertiary/aromatic N) is 5. The van der Waals surface area contributed by atoms with Gasteiger partial charge in [0.05, 0.1) is 17.8 Å². The highest BCUT2D eigenvalue weighted by molar-refractivity contribution is 5.83. The van der Waals surface area contributed by atoms with Crippen molar-refractivity contribution in [1.29, 1.82) is 0 Å². The number of piperidine rings is 1. The van der Waals surface area contributed by atoms with E-state index in [1.807, 2.05) is 0 Å². The molecule has 2 aliphatic rings. The zero-order valence-corrected chi connectivity index (χ0v) is 23.9. The van der Waals surface area contributed by atoms with Gasteiger partial charge in [0, 0.05) is 51.3 Å². The number of methoxy groups -OCH3 is 1. The summed E-state index contributed by atoms with van der Waals surface area (Å²) in [5.74, 6) is -5.35. The number of amides is 1. The van der Waals surface area contributed by atoms with E-state index in [1.165, 1.54) is 29.9 Å². The minimum atomic E-state index is -4.60. The molecule has 2 aromatic heterocycles. The van der Waals surface area contributed by atoms with E-state index in [0.717, 1.165) is 18.3 Å². The standard InChI is InChI=1S/C27H31F5N6O6/c1-16(44-23(40)14-42-2)24(41)43-13-22(39)37-8-4-17(5-9-37)19-12-21(35-20-11-18(3-7-33-20)27(30,31)32)36-25(34-19)38-10-6-26(28,29)15-38/h3,7,11-12,16-17H,4-6,8-10,13-15H2,1-2H3,(H,33,34,35,36). The van der Waals surface area contributed by atoms with Crippen LogP contribution in [0.1, 0.15) is 43.4 Å². The highest BCUT2D eigenvalue weighted by Crippen LogP contribution is 2.34. The monoisotopic (exact) mass is 630 g/mol. The molecule has 0 radical (unpaired) electrons. The Labute approximate surface area is 248 Å². The lowest BCUT2D eigenvalue weighted by Gasteiger charge is -2.32. The molecular weight excluding hydrogens is 599 g/mol. The van der Waals surface area contributed by atoms with Crippen LogP contribution >= 0.6 is 0 Å². The first kappa shape index (κ1) is 32.8. The molecule has 0 aliphatic carbocycles. The first-order valence-electron chi connectivity index (χ1n) is 13.7. The molecule has 17 heteroatoms. The summed E-state index contributed by atoms with van der Waals surface area (Å²) >= 11 is 0. The van der Waals surface area contributed by atoms with E-state index in [4.69, 9.17) is 9.47 Å². The van der Waals surface area contributed by atoms with Crippen LogP contribution < -0.4 is 10.2 Å². The molecule has 240 valence electrons. The third-order valence-corrected chi connectivity index (χ3v) is 7.04. The Bertz CT molecular complexity index is 1350. The van der Waals surface area contributed by atoms with Crippen molar-refractivity contribution in [1.82, 2.24) is 19.9 Å². The van der Waals surface area contributed by atoms with Crippen molar-refractivity contribution in [2.45, 2.75) is 50.3 Å². The first-order valence-corrected chi connectivity index (χ1v) is 13.7. The van der Waals surface area contributed by atoms with Crippen LogP contribution in [-0.2, 0) is 34.8 Å². The number of aromatic nitrogens is 3. The number of carbonyl (C=O) groups excluding carboxylic acids is 3. The SMILES string of the molecule is COCC(=O)OC(C)C(=O)OCC(=O)N1CCC(c2cc(Nc3cc(C(F)(F)F)ccn3)nc(N3CCC(F)(F)C3)n2)CC1. The minimum absolute atomic E-state index is 0.000103. The zero-order valence-electron chi connectivity index (χ0n) is 23.9. The Morgan fingerprint density at radius 2 is 1.82 bits per heavy atom. The predicted octanol–water partition coefficient (Wildman–Crippen LogP) is 3.31. The number of carbonyl (C=O) groups is 3. The average Bonchev–Trinajstić information content (AvgIpc) is 3.35. The Hall–Kier alpha value is -4.15. The summed E-state index contributed by atoms with van der Waals surface area (Å²) in [4.78, 5) is 51.7. The molecule has 12 nitrogen and oxygen atoms in total. The van der Waals surface area contributed by atoms with Gasteiger partial charge in [-0.25, -0.2) is 28.3 Å². The number of anilines is 3. The molecule has 44 heavy (non-hydrogen) atoms. The van der Waals surface area contributed by atoms with Gasteiger partial charge >= 0.3 is 18.1 Å². The maximum atomic E-state index is 14.0. The number of halogens is 5. The lowest BCUT2D eigenvalue weighted by Crippen LogP contribution is -2.41. The fourth-order valence-electron chi connectivity index (χ4n) is 4.74. The first-order chi connectivity index (χ1) is 20.7. The van der Waals surface area contributed by atoms with Crippen molar-refractivity contribution in [3.8, 4) is 0 Å². The van der Waals surface area contributed by atoms with Gasteiger partial charge < -0.3 is 29.3 Å². The number of ether oxygens (including phenoxy) is 3. The number of likely N-dealkylation sites (tertiary alicyclic amines) is 1. The number of esters is 2. The zero-order chi connectivity index (χ0) is 32.1. The molecule has 0 spiro atoms. The molecule has 2 aromatic rings. The second-order valence-electron chi connectivity index (χ2n) is 10.4. The predicted molar refractivity (Wildman–Crippen MR) is 143 cm³/mol. The van der Waals surface area contributed by atoms with Crippen molar-refractivity contribution in [3.05, 3.63) is 35.7 Å². The van der Waals surface area contributed by atoms with Crippen molar-refractivity contribution in [2.75, 3.05) is 56.7 Å². The summed E-state index contributed by atoms with van der Waals surface area (Å²) in [6.07, 6.45) is -4.39. The summed E-state index contributed by atoms with van der Waals surface area (Å²) in [6, 6.07) is 3.16. The average molecular weight is 631 g/mol. The van der Waals surface area contributed by atoms with Gasteiger partial charge in [-0.05, 0) is 31.9 Å². The second kappa shape index (κ2) is 13.7. The van der Waals surface area contributed by atoms with Crippen LogP contribution in [0, 0.1) is 0 Å². The number of hydrogen-bond acceptors (Lipinski definition) is 11. The molecule has 0 saturated carbocycles. The summed E-state index contributed by atoms with van der Waals surface area (Å²) in [7, 11) is 1.29. The lowest BCUT2D eigenvalue weighted by atomic mass is 9.93. The van der Waals surface area contributed by atoms with Crippen LogP contribution in [0.3, 0.4) is 0 Å². The Kier molecular flexibility index (Phi) is 10.2. The fourth-order valence-corrected chi connectivity index (χ4v) is 4.74. The van der Waals surface area contributed by atoms with Crippen LogP contribution in [0.25, 0.3) is 0 Å². The molecule has 4 rings (SSSR count). The summed E-state index contributed by atoms with van der Waals surface area (Å²) in [5.41, 5.74) is -0.460. The van der Waals surface area contributed by atoms with Crippen LogP contribution in [0.5, 0.6) is 0 Å². The maximum absolute atomic E-state index is 14.0. The number of pyridine rings is 1. The van der Waals surface area contributed by atoms with Crippen molar-refractivity contribution >= 4 is 35.4 Å². The quantitative estimate of drug-likeness (QED) is 0.306.